The molecule has 4 rings (SSSR count). The van der Waals surface area contributed by atoms with E-state index in [-0.39, 0.29) is 0 Å². The molecule has 4 aromatic rings. The van der Waals surface area contributed by atoms with Crippen molar-refractivity contribution in [3.63, 3.8) is 0 Å². The molecule has 6 nitrogen and oxygen atoms in total. The quantitative estimate of drug-likeness (QED) is 0.373. The molecular formula is C23H25N5O. The zero-order valence-electron chi connectivity index (χ0n) is 16.5. The molecule has 2 heterocycles. The Bertz CT molecular complexity index is 1060. The average molecular weight is 387 g/mol. The Hall–Kier alpha value is -3.38. The standard InChI is InChI=1S/C23H25N5O/c1-29-14-13-25-22-15-21(27-23(28-22)17-7-3-2-4-8-17)24-12-11-18-16-26-20-10-6-5-9-19(18)20/h2-10,15-16,26H,11-14H2,1H3,(H2,24,25,27,28). The molecule has 0 aliphatic carbocycles. The number of para-hydroxylation sites is 1. The normalized spacial score (nSPS) is 10.9. The van der Waals surface area contributed by atoms with Gasteiger partial charge in [-0.1, -0.05) is 48.5 Å². The Morgan fingerprint density at radius 3 is 2.41 bits per heavy atom. The first kappa shape index (κ1) is 19.0. The van der Waals surface area contributed by atoms with Crippen LogP contribution in [0.2, 0.25) is 0 Å². The second kappa shape index (κ2) is 9.21. The van der Waals surface area contributed by atoms with Gasteiger partial charge in [0.2, 0.25) is 0 Å². The van der Waals surface area contributed by atoms with Gasteiger partial charge in [0.15, 0.2) is 5.82 Å². The second-order valence-corrected chi connectivity index (χ2v) is 6.78. The van der Waals surface area contributed by atoms with Crippen LogP contribution < -0.4 is 10.6 Å². The lowest BCUT2D eigenvalue weighted by Gasteiger charge is -2.11. The lowest BCUT2D eigenvalue weighted by molar-refractivity contribution is 0.210. The topological polar surface area (TPSA) is 74.9 Å². The van der Waals surface area contributed by atoms with Crippen LogP contribution in [0.25, 0.3) is 22.3 Å². The summed E-state index contributed by atoms with van der Waals surface area (Å²) in [6.07, 6.45) is 2.99. The van der Waals surface area contributed by atoms with Crippen molar-refractivity contribution in [3.05, 3.63) is 72.4 Å². The molecule has 6 heteroatoms. The number of anilines is 2. The first-order chi connectivity index (χ1) is 14.3. The summed E-state index contributed by atoms with van der Waals surface area (Å²) in [6, 6.07) is 20.3. The van der Waals surface area contributed by atoms with Gasteiger partial charge < -0.3 is 20.4 Å². The van der Waals surface area contributed by atoms with E-state index in [0.717, 1.165) is 30.2 Å². The Labute approximate surface area is 170 Å². The molecule has 0 radical (unpaired) electrons. The number of H-pyrrole nitrogens is 1. The third-order valence-corrected chi connectivity index (χ3v) is 4.75. The highest BCUT2D eigenvalue weighted by Gasteiger charge is 2.08. The summed E-state index contributed by atoms with van der Waals surface area (Å²) in [4.78, 5) is 12.7. The lowest BCUT2D eigenvalue weighted by Crippen LogP contribution is -2.12. The monoisotopic (exact) mass is 387 g/mol. The number of aromatic amines is 1. The third-order valence-electron chi connectivity index (χ3n) is 4.75. The van der Waals surface area contributed by atoms with Gasteiger partial charge in [-0.25, -0.2) is 9.97 Å². The first-order valence-electron chi connectivity index (χ1n) is 9.79. The molecule has 0 aliphatic heterocycles. The molecule has 0 saturated heterocycles. The third kappa shape index (κ3) is 4.73. The highest BCUT2D eigenvalue weighted by atomic mass is 16.5. The van der Waals surface area contributed by atoms with Gasteiger partial charge in [0.1, 0.15) is 11.6 Å². The molecule has 2 aromatic carbocycles. The summed E-state index contributed by atoms with van der Waals surface area (Å²) in [7, 11) is 1.69. The molecule has 29 heavy (non-hydrogen) atoms. The van der Waals surface area contributed by atoms with Gasteiger partial charge in [0.25, 0.3) is 0 Å². The predicted octanol–water partition coefficient (Wildman–Crippen LogP) is 4.34. The van der Waals surface area contributed by atoms with Crippen LogP contribution in [0.15, 0.2) is 66.9 Å². The van der Waals surface area contributed by atoms with Crippen LogP contribution >= 0.6 is 0 Å². The molecule has 0 saturated carbocycles. The summed E-state index contributed by atoms with van der Waals surface area (Å²) in [5, 5.41) is 8.02. The van der Waals surface area contributed by atoms with Gasteiger partial charge in [-0.2, -0.15) is 0 Å². The molecule has 3 N–H and O–H groups in total. The van der Waals surface area contributed by atoms with Crippen LogP contribution in [0.4, 0.5) is 11.6 Å². The van der Waals surface area contributed by atoms with Gasteiger partial charge in [-0.05, 0) is 18.1 Å². The summed E-state index contributed by atoms with van der Waals surface area (Å²) in [5.74, 6) is 2.28. The maximum absolute atomic E-state index is 5.13. The Morgan fingerprint density at radius 1 is 0.897 bits per heavy atom. The van der Waals surface area contributed by atoms with Crippen molar-refractivity contribution in [2.75, 3.05) is 37.4 Å². The molecule has 0 aliphatic rings. The summed E-state index contributed by atoms with van der Waals surface area (Å²) >= 11 is 0. The van der Waals surface area contributed by atoms with E-state index in [1.807, 2.05) is 42.5 Å². The fraction of sp³-hybridized carbons (Fsp3) is 0.217. The number of fused-ring (bicyclic) bond motifs is 1. The van der Waals surface area contributed by atoms with E-state index in [2.05, 4.69) is 45.0 Å². The van der Waals surface area contributed by atoms with Crippen molar-refractivity contribution in [1.29, 1.82) is 0 Å². The fourth-order valence-electron chi connectivity index (χ4n) is 3.29. The largest absolute Gasteiger partial charge is 0.383 e. The summed E-state index contributed by atoms with van der Waals surface area (Å²) in [6.45, 7) is 2.09. The van der Waals surface area contributed by atoms with Crippen LogP contribution in [-0.4, -0.2) is 41.8 Å². The van der Waals surface area contributed by atoms with E-state index in [1.54, 1.807) is 7.11 Å². The Morgan fingerprint density at radius 2 is 1.62 bits per heavy atom. The smallest absolute Gasteiger partial charge is 0.163 e. The molecule has 0 spiro atoms. The molecule has 0 bridgehead atoms. The first-order valence-corrected chi connectivity index (χ1v) is 9.79. The molecule has 0 fully saturated rings. The zero-order chi connectivity index (χ0) is 19.9. The second-order valence-electron chi connectivity index (χ2n) is 6.78. The molecule has 148 valence electrons. The van der Waals surface area contributed by atoms with E-state index < -0.39 is 0 Å². The summed E-state index contributed by atoms with van der Waals surface area (Å²) < 4.78 is 5.13. The van der Waals surface area contributed by atoms with Crippen LogP contribution in [0.1, 0.15) is 5.56 Å². The number of nitrogens with one attached hydrogen (secondary N) is 3. The van der Waals surface area contributed by atoms with Crippen molar-refractivity contribution in [3.8, 4) is 11.4 Å². The van der Waals surface area contributed by atoms with Crippen molar-refractivity contribution < 1.29 is 4.74 Å². The van der Waals surface area contributed by atoms with Gasteiger partial charge in [-0.15, -0.1) is 0 Å². The number of benzene rings is 2. The van der Waals surface area contributed by atoms with Crippen molar-refractivity contribution in [1.82, 2.24) is 15.0 Å². The van der Waals surface area contributed by atoms with Crippen molar-refractivity contribution in [2.24, 2.45) is 0 Å². The van der Waals surface area contributed by atoms with Crippen LogP contribution in [0.5, 0.6) is 0 Å². The minimum atomic E-state index is 0.619. The highest BCUT2D eigenvalue weighted by molar-refractivity contribution is 5.83. The highest BCUT2D eigenvalue weighted by Crippen LogP contribution is 2.21. The number of ether oxygens (including phenoxy) is 1. The van der Waals surface area contributed by atoms with Crippen molar-refractivity contribution >= 4 is 22.5 Å². The zero-order valence-corrected chi connectivity index (χ0v) is 16.5. The number of methoxy groups -OCH3 is 1. The maximum atomic E-state index is 5.13. The van der Waals surface area contributed by atoms with E-state index in [1.165, 1.54) is 16.5 Å². The number of rotatable bonds is 9. The predicted molar refractivity (Wildman–Crippen MR) is 118 cm³/mol. The Kier molecular flexibility index (Phi) is 6.02. The van der Waals surface area contributed by atoms with Gasteiger partial charge in [0.05, 0.1) is 6.61 Å². The Balaban J connectivity index is 1.50. The minimum Gasteiger partial charge on any atom is -0.383 e. The molecule has 2 aromatic heterocycles. The summed E-state index contributed by atoms with van der Waals surface area (Å²) in [5.41, 5.74) is 3.45. The van der Waals surface area contributed by atoms with Crippen LogP contribution in [0.3, 0.4) is 0 Å². The molecule has 0 unspecified atom stereocenters. The fourth-order valence-corrected chi connectivity index (χ4v) is 3.29. The van der Waals surface area contributed by atoms with Gasteiger partial charge in [-0.3, -0.25) is 0 Å². The van der Waals surface area contributed by atoms with E-state index in [4.69, 9.17) is 9.72 Å². The van der Waals surface area contributed by atoms with E-state index in [9.17, 15) is 0 Å². The van der Waals surface area contributed by atoms with Gasteiger partial charge in [0, 0.05) is 48.9 Å². The van der Waals surface area contributed by atoms with Crippen LogP contribution in [0, 0.1) is 0 Å². The SMILES string of the molecule is COCCNc1cc(NCCc2c[nH]c3ccccc23)nc(-c2ccccc2)n1. The van der Waals surface area contributed by atoms with Gasteiger partial charge >= 0.3 is 0 Å². The molecule has 0 atom stereocenters. The lowest BCUT2D eigenvalue weighted by atomic mass is 10.1. The number of hydrogen-bond acceptors (Lipinski definition) is 5. The number of aromatic nitrogens is 3. The number of hydrogen-bond donors (Lipinski definition) is 3. The number of nitrogens with zero attached hydrogens (tertiary/aromatic N) is 2. The minimum absolute atomic E-state index is 0.619. The molecule has 0 amide bonds. The average Bonchev–Trinajstić information content (AvgIpc) is 3.18. The maximum Gasteiger partial charge on any atom is 0.163 e. The van der Waals surface area contributed by atoms with E-state index in [0.29, 0.717) is 19.0 Å². The van der Waals surface area contributed by atoms with Crippen molar-refractivity contribution in [2.45, 2.75) is 6.42 Å². The van der Waals surface area contributed by atoms with Crippen LogP contribution in [-0.2, 0) is 11.2 Å². The molecular weight excluding hydrogens is 362 g/mol. The van der Waals surface area contributed by atoms with E-state index >= 15 is 0 Å².